The molecule has 0 saturated carbocycles. The SMILES string of the molecule is CN(C(=O)COc1ccc(F)cc1Cl)[C@H]1CCS(=O)(=O)C1. The number of likely N-dealkylation sites (N-methyl/N-ethyl adjacent to an activating group) is 1. The topological polar surface area (TPSA) is 63.7 Å². The number of hydrogen-bond donors (Lipinski definition) is 0. The fourth-order valence-electron chi connectivity index (χ4n) is 2.12. The third-order valence-electron chi connectivity index (χ3n) is 3.39. The molecule has 8 heteroatoms. The fourth-order valence-corrected chi connectivity index (χ4v) is 4.11. The normalized spacial score (nSPS) is 20.2. The van der Waals surface area contributed by atoms with Crippen LogP contribution in [0.15, 0.2) is 18.2 Å². The highest BCUT2D eigenvalue weighted by molar-refractivity contribution is 7.91. The van der Waals surface area contributed by atoms with Crippen molar-refractivity contribution in [3.05, 3.63) is 29.0 Å². The lowest BCUT2D eigenvalue weighted by Crippen LogP contribution is -2.40. The van der Waals surface area contributed by atoms with Gasteiger partial charge in [-0.05, 0) is 24.6 Å². The van der Waals surface area contributed by atoms with Crippen molar-refractivity contribution >= 4 is 27.3 Å². The molecule has 0 radical (unpaired) electrons. The molecule has 1 aromatic carbocycles. The predicted octanol–water partition coefficient (Wildman–Crippen LogP) is 1.50. The van der Waals surface area contributed by atoms with Gasteiger partial charge in [0.2, 0.25) is 0 Å². The number of carbonyl (C=O) groups is 1. The van der Waals surface area contributed by atoms with Crippen LogP contribution in [-0.4, -0.2) is 50.4 Å². The molecule has 1 aliphatic heterocycles. The first kappa shape index (κ1) is 16.0. The zero-order chi connectivity index (χ0) is 15.6. The van der Waals surface area contributed by atoms with Crippen molar-refractivity contribution in [3.63, 3.8) is 0 Å². The molecule has 0 spiro atoms. The molecular weight excluding hydrogens is 321 g/mol. The van der Waals surface area contributed by atoms with E-state index in [2.05, 4.69) is 0 Å². The van der Waals surface area contributed by atoms with Crippen molar-refractivity contribution < 1.29 is 22.3 Å². The lowest BCUT2D eigenvalue weighted by Gasteiger charge is -2.23. The van der Waals surface area contributed by atoms with Gasteiger partial charge in [0.05, 0.1) is 16.5 Å². The van der Waals surface area contributed by atoms with Crippen LogP contribution in [0.1, 0.15) is 6.42 Å². The molecule has 1 aromatic rings. The number of nitrogens with zero attached hydrogens (tertiary/aromatic N) is 1. The predicted molar refractivity (Wildman–Crippen MR) is 76.7 cm³/mol. The summed E-state index contributed by atoms with van der Waals surface area (Å²) in [6.07, 6.45) is 0.432. The molecule has 1 saturated heterocycles. The van der Waals surface area contributed by atoms with Gasteiger partial charge in [-0.1, -0.05) is 11.6 Å². The first-order valence-corrected chi connectivity index (χ1v) is 8.52. The number of rotatable bonds is 4. The van der Waals surface area contributed by atoms with Gasteiger partial charge in [-0.3, -0.25) is 4.79 Å². The van der Waals surface area contributed by atoms with Gasteiger partial charge in [0.25, 0.3) is 5.91 Å². The molecule has 1 heterocycles. The molecule has 0 bridgehead atoms. The summed E-state index contributed by atoms with van der Waals surface area (Å²) in [5, 5.41) is 0.0777. The van der Waals surface area contributed by atoms with Crippen molar-refractivity contribution in [1.29, 1.82) is 0 Å². The van der Waals surface area contributed by atoms with E-state index in [4.69, 9.17) is 16.3 Å². The van der Waals surface area contributed by atoms with E-state index in [1.165, 1.54) is 17.0 Å². The molecule has 116 valence electrons. The molecule has 0 aromatic heterocycles. The summed E-state index contributed by atoms with van der Waals surface area (Å²) < 4.78 is 40.9. The second-order valence-corrected chi connectivity index (χ2v) is 7.56. The summed E-state index contributed by atoms with van der Waals surface area (Å²) in [7, 11) is -1.50. The van der Waals surface area contributed by atoms with Crippen LogP contribution >= 0.6 is 11.6 Å². The van der Waals surface area contributed by atoms with E-state index in [9.17, 15) is 17.6 Å². The Morgan fingerprint density at radius 3 is 2.81 bits per heavy atom. The number of carbonyl (C=O) groups excluding carboxylic acids is 1. The average molecular weight is 336 g/mol. The van der Waals surface area contributed by atoms with Crippen LogP contribution < -0.4 is 4.74 Å². The number of halogens is 2. The zero-order valence-electron chi connectivity index (χ0n) is 11.4. The molecule has 1 atom stereocenters. The highest BCUT2D eigenvalue weighted by Gasteiger charge is 2.32. The highest BCUT2D eigenvalue weighted by Crippen LogP contribution is 2.25. The first-order valence-electron chi connectivity index (χ1n) is 6.32. The van der Waals surface area contributed by atoms with Crippen LogP contribution in [0.3, 0.4) is 0 Å². The minimum atomic E-state index is -3.05. The van der Waals surface area contributed by atoms with Crippen LogP contribution in [0.25, 0.3) is 0 Å². The Balaban J connectivity index is 1.92. The molecule has 21 heavy (non-hydrogen) atoms. The molecule has 1 fully saturated rings. The van der Waals surface area contributed by atoms with Gasteiger partial charge < -0.3 is 9.64 Å². The van der Waals surface area contributed by atoms with E-state index >= 15 is 0 Å². The molecule has 0 unspecified atom stereocenters. The number of hydrogen-bond acceptors (Lipinski definition) is 4. The summed E-state index contributed by atoms with van der Waals surface area (Å²) >= 11 is 5.79. The van der Waals surface area contributed by atoms with E-state index < -0.39 is 15.7 Å². The van der Waals surface area contributed by atoms with Crippen molar-refractivity contribution in [1.82, 2.24) is 4.90 Å². The summed E-state index contributed by atoms with van der Waals surface area (Å²) in [4.78, 5) is 13.4. The third-order valence-corrected chi connectivity index (χ3v) is 5.44. The minimum absolute atomic E-state index is 0.0213. The first-order chi connectivity index (χ1) is 9.78. The molecule has 0 N–H and O–H groups in total. The zero-order valence-corrected chi connectivity index (χ0v) is 13.0. The molecule has 0 aliphatic carbocycles. The van der Waals surface area contributed by atoms with Crippen molar-refractivity contribution in [2.45, 2.75) is 12.5 Å². The highest BCUT2D eigenvalue weighted by atomic mass is 35.5. The van der Waals surface area contributed by atoms with Gasteiger partial charge in [-0.25, -0.2) is 12.8 Å². The van der Waals surface area contributed by atoms with Crippen molar-refractivity contribution in [3.8, 4) is 5.75 Å². The van der Waals surface area contributed by atoms with Crippen LogP contribution in [0.5, 0.6) is 5.75 Å². The van der Waals surface area contributed by atoms with Gasteiger partial charge in [0.15, 0.2) is 16.4 Å². The number of sulfone groups is 1. The number of benzene rings is 1. The Kier molecular flexibility index (Phi) is 4.73. The van der Waals surface area contributed by atoms with E-state index in [1.54, 1.807) is 7.05 Å². The standard InChI is InChI=1S/C13H15ClFNO4S/c1-16(10-4-5-21(18,19)8-10)13(17)7-20-12-3-2-9(15)6-11(12)14/h2-3,6,10H,4-5,7-8H2,1H3/t10-/m0/s1. The van der Waals surface area contributed by atoms with Gasteiger partial charge in [-0.15, -0.1) is 0 Å². The lowest BCUT2D eigenvalue weighted by atomic mass is 10.2. The fraction of sp³-hybridized carbons (Fsp3) is 0.462. The number of amides is 1. The third kappa shape index (κ3) is 4.07. The summed E-state index contributed by atoms with van der Waals surface area (Å²) in [6, 6.07) is 3.29. The lowest BCUT2D eigenvalue weighted by molar-refractivity contribution is -0.133. The summed E-state index contributed by atoms with van der Waals surface area (Å²) in [5.41, 5.74) is 0. The Labute approximate surface area is 127 Å². The smallest absolute Gasteiger partial charge is 0.260 e. The van der Waals surface area contributed by atoms with E-state index in [1.807, 2.05) is 0 Å². The summed E-state index contributed by atoms with van der Waals surface area (Å²) in [6.45, 7) is -0.279. The van der Waals surface area contributed by atoms with E-state index in [0.29, 0.717) is 6.42 Å². The molecule has 2 rings (SSSR count). The summed E-state index contributed by atoms with van der Waals surface area (Å²) in [5.74, 6) is -0.560. The van der Waals surface area contributed by atoms with Crippen LogP contribution in [0.4, 0.5) is 4.39 Å². The van der Waals surface area contributed by atoms with Crippen LogP contribution in [-0.2, 0) is 14.6 Å². The maximum absolute atomic E-state index is 12.9. The Hall–Kier alpha value is -1.34. The van der Waals surface area contributed by atoms with Crippen LogP contribution in [0, 0.1) is 5.82 Å². The molecule has 1 aliphatic rings. The Bertz CT molecular complexity index is 650. The maximum Gasteiger partial charge on any atom is 0.260 e. The van der Waals surface area contributed by atoms with E-state index in [0.717, 1.165) is 6.07 Å². The van der Waals surface area contributed by atoms with Gasteiger partial charge in [-0.2, -0.15) is 0 Å². The second kappa shape index (κ2) is 6.19. The van der Waals surface area contributed by atoms with Crippen molar-refractivity contribution in [2.24, 2.45) is 0 Å². The number of ether oxygens (including phenoxy) is 1. The largest absolute Gasteiger partial charge is 0.482 e. The Morgan fingerprint density at radius 1 is 1.52 bits per heavy atom. The molecular formula is C13H15ClFNO4S. The van der Waals surface area contributed by atoms with Gasteiger partial charge in [0, 0.05) is 13.1 Å². The molecule has 1 amide bonds. The Morgan fingerprint density at radius 2 is 2.24 bits per heavy atom. The van der Waals surface area contributed by atoms with Crippen molar-refractivity contribution in [2.75, 3.05) is 25.2 Å². The van der Waals surface area contributed by atoms with Crippen LogP contribution in [0.2, 0.25) is 5.02 Å². The average Bonchev–Trinajstić information content (AvgIpc) is 2.77. The van der Waals surface area contributed by atoms with E-state index in [-0.39, 0.29) is 40.8 Å². The maximum atomic E-state index is 12.9. The monoisotopic (exact) mass is 335 g/mol. The quantitative estimate of drug-likeness (QED) is 0.836. The second-order valence-electron chi connectivity index (χ2n) is 4.92. The minimum Gasteiger partial charge on any atom is -0.482 e. The van der Waals surface area contributed by atoms with Gasteiger partial charge >= 0.3 is 0 Å². The van der Waals surface area contributed by atoms with Gasteiger partial charge in [0.1, 0.15) is 11.6 Å². The molecule has 5 nitrogen and oxygen atoms in total.